The summed E-state index contributed by atoms with van der Waals surface area (Å²) in [6.45, 7) is 6.61. The van der Waals surface area contributed by atoms with Gasteiger partial charge in [0, 0.05) is 16.2 Å². The van der Waals surface area contributed by atoms with E-state index >= 15 is 0 Å². The first-order valence-electron chi connectivity index (χ1n) is 7.63. The molecule has 2 nitrogen and oxygen atoms in total. The third kappa shape index (κ3) is 4.27. The molecule has 110 valence electrons. The zero-order valence-corrected chi connectivity index (χ0v) is 13.5. The summed E-state index contributed by atoms with van der Waals surface area (Å²) in [6.07, 6.45) is 4.69. The van der Waals surface area contributed by atoms with Crippen LogP contribution in [0.4, 0.5) is 0 Å². The Morgan fingerprint density at radius 1 is 1.20 bits per heavy atom. The monoisotopic (exact) mass is 291 g/mol. The lowest BCUT2D eigenvalue weighted by atomic mass is 9.87. The minimum Gasteiger partial charge on any atom is -0.349 e. The largest absolute Gasteiger partial charge is 0.349 e. The summed E-state index contributed by atoms with van der Waals surface area (Å²) in [5.41, 5.74) is 0.824. The van der Waals surface area contributed by atoms with E-state index in [1.54, 1.807) is 11.8 Å². The van der Waals surface area contributed by atoms with Crippen molar-refractivity contribution < 1.29 is 4.79 Å². The first-order chi connectivity index (χ1) is 9.56. The zero-order valence-electron chi connectivity index (χ0n) is 12.7. The topological polar surface area (TPSA) is 29.1 Å². The molecule has 1 amide bonds. The van der Waals surface area contributed by atoms with Gasteiger partial charge in [-0.1, -0.05) is 32.9 Å². The van der Waals surface area contributed by atoms with Crippen LogP contribution in [-0.4, -0.2) is 17.2 Å². The average molecular weight is 291 g/mol. The van der Waals surface area contributed by atoms with E-state index in [4.69, 9.17) is 0 Å². The Bertz CT molecular complexity index is 450. The molecule has 0 radical (unpaired) electrons. The van der Waals surface area contributed by atoms with Crippen LogP contribution in [0.5, 0.6) is 0 Å². The quantitative estimate of drug-likeness (QED) is 0.828. The highest BCUT2D eigenvalue weighted by atomic mass is 32.2. The smallest absolute Gasteiger partial charge is 0.252 e. The molecule has 20 heavy (non-hydrogen) atoms. The minimum absolute atomic E-state index is 0.0910. The van der Waals surface area contributed by atoms with E-state index < -0.39 is 0 Å². The zero-order chi connectivity index (χ0) is 14.5. The van der Waals surface area contributed by atoms with Gasteiger partial charge in [0.1, 0.15) is 0 Å². The minimum atomic E-state index is 0.0910. The highest BCUT2D eigenvalue weighted by molar-refractivity contribution is 8.00. The lowest BCUT2D eigenvalue weighted by molar-refractivity contribution is 0.0920. The molecule has 1 aliphatic rings. The van der Waals surface area contributed by atoms with Gasteiger partial charge < -0.3 is 5.32 Å². The first-order valence-corrected chi connectivity index (χ1v) is 8.50. The van der Waals surface area contributed by atoms with E-state index in [0.29, 0.717) is 11.3 Å². The highest BCUT2D eigenvalue weighted by Gasteiger charge is 2.21. The van der Waals surface area contributed by atoms with Crippen LogP contribution in [0, 0.1) is 5.92 Å². The number of rotatable bonds is 4. The fraction of sp³-hybridized carbons (Fsp3) is 0.588. The molecule has 3 heteroatoms. The summed E-state index contributed by atoms with van der Waals surface area (Å²) in [5, 5.41) is 3.70. The van der Waals surface area contributed by atoms with Crippen molar-refractivity contribution in [1.82, 2.24) is 5.32 Å². The van der Waals surface area contributed by atoms with Crippen LogP contribution < -0.4 is 5.32 Å². The molecule has 0 aliphatic heterocycles. The third-order valence-electron chi connectivity index (χ3n) is 3.85. The molecule has 1 aliphatic carbocycles. The standard InChI is InChI=1S/C17H25NOS/c1-12(2)20-16-7-5-4-6-15(16)17(19)18-14-10-8-13(3)9-11-14/h4-7,12-14H,8-11H2,1-3H3,(H,18,19). The van der Waals surface area contributed by atoms with Crippen LogP contribution in [0.15, 0.2) is 29.2 Å². The molecule has 0 atom stereocenters. The number of thioether (sulfide) groups is 1. The Hall–Kier alpha value is -0.960. The van der Waals surface area contributed by atoms with Crippen molar-refractivity contribution in [1.29, 1.82) is 0 Å². The van der Waals surface area contributed by atoms with E-state index in [1.165, 1.54) is 12.8 Å². The second-order valence-corrected chi connectivity index (χ2v) is 7.71. The van der Waals surface area contributed by atoms with Gasteiger partial charge in [0.05, 0.1) is 5.56 Å². The van der Waals surface area contributed by atoms with E-state index in [0.717, 1.165) is 29.2 Å². The molecule has 0 aromatic heterocycles. The van der Waals surface area contributed by atoms with Crippen LogP contribution in [0.25, 0.3) is 0 Å². The molecule has 1 aromatic carbocycles. The van der Waals surface area contributed by atoms with Gasteiger partial charge in [-0.15, -0.1) is 11.8 Å². The van der Waals surface area contributed by atoms with Crippen LogP contribution >= 0.6 is 11.8 Å². The van der Waals surface area contributed by atoms with Crippen molar-refractivity contribution in [3.8, 4) is 0 Å². The summed E-state index contributed by atoms with van der Waals surface area (Å²) < 4.78 is 0. The molecule has 2 rings (SSSR count). The van der Waals surface area contributed by atoms with Gasteiger partial charge in [-0.05, 0) is 43.7 Å². The SMILES string of the molecule is CC1CCC(NC(=O)c2ccccc2SC(C)C)CC1. The van der Waals surface area contributed by atoms with Crippen molar-refractivity contribution >= 4 is 17.7 Å². The Balaban J connectivity index is 2.01. The number of amides is 1. The first kappa shape index (κ1) is 15.4. The predicted molar refractivity (Wildman–Crippen MR) is 86.3 cm³/mol. The molecule has 1 N–H and O–H groups in total. The van der Waals surface area contributed by atoms with Crippen molar-refractivity contribution in [2.45, 2.75) is 62.6 Å². The maximum absolute atomic E-state index is 12.5. The highest BCUT2D eigenvalue weighted by Crippen LogP contribution is 2.27. The predicted octanol–water partition coefficient (Wildman–Crippen LogP) is 4.50. The lowest BCUT2D eigenvalue weighted by Gasteiger charge is -2.27. The number of carbonyl (C=O) groups is 1. The molecule has 0 heterocycles. The number of nitrogens with one attached hydrogen (secondary N) is 1. The van der Waals surface area contributed by atoms with Crippen molar-refractivity contribution in [2.75, 3.05) is 0 Å². The fourth-order valence-electron chi connectivity index (χ4n) is 2.68. The number of benzene rings is 1. The molecule has 1 fully saturated rings. The molecule has 0 unspecified atom stereocenters. The molecule has 1 saturated carbocycles. The Morgan fingerprint density at radius 2 is 1.85 bits per heavy atom. The maximum Gasteiger partial charge on any atom is 0.252 e. The van der Waals surface area contributed by atoms with Crippen molar-refractivity contribution in [3.05, 3.63) is 29.8 Å². The molecule has 0 bridgehead atoms. The summed E-state index contributed by atoms with van der Waals surface area (Å²) in [7, 11) is 0. The molecule has 1 aromatic rings. The van der Waals surface area contributed by atoms with E-state index in [9.17, 15) is 4.79 Å². The van der Waals surface area contributed by atoms with E-state index in [2.05, 4.69) is 26.1 Å². The molecular formula is C17H25NOS. The van der Waals surface area contributed by atoms with Gasteiger partial charge >= 0.3 is 0 Å². The third-order valence-corrected chi connectivity index (χ3v) is 4.93. The Kier molecular flexibility index (Phi) is 5.53. The number of hydrogen-bond acceptors (Lipinski definition) is 2. The second-order valence-electron chi connectivity index (χ2n) is 6.09. The van der Waals surface area contributed by atoms with Crippen LogP contribution in [-0.2, 0) is 0 Å². The summed E-state index contributed by atoms with van der Waals surface area (Å²) in [4.78, 5) is 13.6. The maximum atomic E-state index is 12.5. The van der Waals surface area contributed by atoms with E-state index in [-0.39, 0.29) is 5.91 Å². The van der Waals surface area contributed by atoms with Crippen molar-refractivity contribution in [2.24, 2.45) is 5.92 Å². The van der Waals surface area contributed by atoms with Gasteiger partial charge in [0.25, 0.3) is 5.91 Å². The van der Waals surface area contributed by atoms with Gasteiger partial charge in [-0.3, -0.25) is 4.79 Å². The number of carbonyl (C=O) groups excluding carboxylic acids is 1. The van der Waals surface area contributed by atoms with Crippen LogP contribution in [0.3, 0.4) is 0 Å². The van der Waals surface area contributed by atoms with Gasteiger partial charge in [0.2, 0.25) is 0 Å². The average Bonchev–Trinajstić information content (AvgIpc) is 2.41. The summed E-state index contributed by atoms with van der Waals surface area (Å²) in [5.74, 6) is 0.903. The Labute approximate surface area is 126 Å². The molecule has 0 saturated heterocycles. The van der Waals surface area contributed by atoms with Gasteiger partial charge in [0.15, 0.2) is 0 Å². The molecule has 0 spiro atoms. The summed E-state index contributed by atoms with van der Waals surface area (Å²) >= 11 is 1.75. The van der Waals surface area contributed by atoms with Gasteiger partial charge in [-0.2, -0.15) is 0 Å². The number of hydrogen-bond donors (Lipinski definition) is 1. The van der Waals surface area contributed by atoms with Gasteiger partial charge in [-0.25, -0.2) is 0 Å². The fourth-order valence-corrected chi connectivity index (χ4v) is 3.63. The normalized spacial score (nSPS) is 22.8. The lowest BCUT2D eigenvalue weighted by Crippen LogP contribution is -2.37. The van der Waals surface area contributed by atoms with E-state index in [1.807, 2.05) is 24.3 Å². The Morgan fingerprint density at radius 3 is 2.50 bits per heavy atom. The molecular weight excluding hydrogens is 266 g/mol. The second kappa shape index (κ2) is 7.16. The summed E-state index contributed by atoms with van der Waals surface area (Å²) in [6, 6.07) is 8.29. The van der Waals surface area contributed by atoms with Crippen LogP contribution in [0.1, 0.15) is 56.8 Å². The van der Waals surface area contributed by atoms with Crippen molar-refractivity contribution in [3.63, 3.8) is 0 Å². The van der Waals surface area contributed by atoms with Crippen LogP contribution in [0.2, 0.25) is 0 Å².